The molecule has 43 heavy (non-hydrogen) atoms. The van der Waals surface area contributed by atoms with Crippen LogP contribution < -0.4 is 10.2 Å². The Morgan fingerprint density at radius 1 is 1.05 bits per heavy atom. The maximum Gasteiger partial charge on any atom is 0.270 e. The summed E-state index contributed by atoms with van der Waals surface area (Å²) in [5.41, 5.74) is 2.13. The molecule has 1 aromatic heterocycles. The number of fused-ring (bicyclic) bond motifs is 1. The van der Waals surface area contributed by atoms with Crippen LogP contribution in [-0.2, 0) is 16.6 Å². The normalized spacial score (nSPS) is 14.0. The summed E-state index contributed by atoms with van der Waals surface area (Å²) in [7, 11) is -3.70. The molecular formula is C29H33ClN6O5S2. The van der Waals surface area contributed by atoms with Crippen LogP contribution in [0.4, 0.5) is 10.8 Å². The van der Waals surface area contributed by atoms with Crippen LogP contribution in [-0.4, -0.2) is 79.3 Å². The molecule has 1 aliphatic rings. The van der Waals surface area contributed by atoms with Gasteiger partial charge in [-0.1, -0.05) is 48.6 Å². The first kappa shape index (κ1) is 32.3. The predicted octanol–water partition coefficient (Wildman–Crippen LogP) is 4.39. The Morgan fingerprint density at radius 2 is 1.74 bits per heavy atom. The van der Waals surface area contributed by atoms with E-state index in [0.717, 1.165) is 47.1 Å². The molecule has 1 N–H and O–H groups in total. The summed E-state index contributed by atoms with van der Waals surface area (Å²) in [5, 5.41) is 14.8. The van der Waals surface area contributed by atoms with Crippen LogP contribution in [0.2, 0.25) is 0 Å². The van der Waals surface area contributed by atoms with Crippen molar-refractivity contribution >= 4 is 60.7 Å². The number of carbonyl (C=O) groups excluding carboxylic acids is 1. The second-order valence-corrected chi connectivity index (χ2v) is 12.9. The number of aromatic nitrogens is 1. The fourth-order valence-electron chi connectivity index (χ4n) is 4.82. The van der Waals surface area contributed by atoms with Crippen LogP contribution in [0.25, 0.3) is 10.2 Å². The number of hydrogen-bond acceptors (Lipinski definition) is 9. The van der Waals surface area contributed by atoms with Crippen molar-refractivity contribution in [3.8, 4) is 0 Å². The fraction of sp³-hybridized carbons (Fsp3) is 0.310. The van der Waals surface area contributed by atoms with Crippen molar-refractivity contribution in [2.24, 2.45) is 0 Å². The molecule has 14 heteroatoms. The van der Waals surface area contributed by atoms with E-state index in [1.165, 1.54) is 33.8 Å². The number of carbonyl (C=O) groups is 1. The second-order valence-electron chi connectivity index (χ2n) is 9.93. The molecule has 228 valence electrons. The Bertz CT molecular complexity index is 1660. The molecule has 1 amide bonds. The number of anilines is 1. The van der Waals surface area contributed by atoms with Gasteiger partial charge in [0.15, 0.2) is 5.13 Å². The zero-order valence-corrected chi connectivity index (χ0v) is 26.0. The average molecular weight is 645 g/mol. The molecule has 0 unspecified atom stereocenters. The van der Waals surface area contributed by atoms with Crippen molar-refractivity contribution < 1.29 is 18.1 Å². The minimum atomic E-state index is -3.70. The van der Waals surface area contributed by atoms with E-state index in [4.69, 9.17) is 0 Å². The third-order valence-electron chi connectivity index (χ3n) is 7.24. The van der Waals surface area contributed by atoms with Crippen LogP contribution in [0.5, 0.6) is 0 Å². The van der Waals surface area contributed by atoms with Crippen LogP contribution >= 0.6 is 23.7 Å². The first-order valence-electron chi connectivity index (χ1n) is 13.7. The molecule has 1 saturated heterocycles. The van der Waals surface area contributed by atoms with Crippen LogP contribution in [0, 0.1) is 10.1 Å². The van der Waals surface area contributed by atoms with Crippen molar-refractivity contribution in [1.29, 1.82) is 0 Å². The lowest BCUT2D eigenvalue weighted by Crippen LogP contribution is -2.48. The number of halogens is 1. The number of nitro benzene ring substituents is 1. The molecule has 0 spiro atoms. The maximum atomic E-state index is 13.2. The Morgan fingerprint density at radius 3 is 2.40 bits per heavy atom. The van der Waals surface area contributed by atoms with Gasteiger partial charge in [-0.25, -0.2) is 13.4 Å². The number of non-ortho nitro benzene ring substituents is 1. The molecule has 4 aromatic rings. The highest BCUT2D eigenvalue weighted by atomic mass is 35.5. The minimum Gasteiger partial charge on any atom is -0.351 e. The second kappa shape index (κ2) is 14.2. The average Bonchev–Trinajstić information content (AvgIpc) is 3.44. The molecule has 0 atom stereocenters. The number of benzene rings is 3. The number of nitro groups is 1. The Labute approximate surface area is 260 Å². The molecule has 0 aliphatic carbocycles. The van der Waals surface area contributed by atoms with Crippen molar-refractivity contribution in [3.63, 3.8) is 0 Å². The first-order chi connectivity index (χ1) is 20.2. The molecule has 0 radical (unpaired) electrons. The number of hydrogen-bond donors (Lipinski definition) is 1. The predicted molar refractivity (Wildman–Crippen MR) is 171 cm³/mol. The minimum absolute atomic E-state index is 0. The van der Waals surface area contributed by atoms with Gasteiger partial charge in [0.05, 0.1) is 20.0 Å². The molecule has 0 bridgehead atoms. The Kier molecular flexibility index (Phi) is 10.7. The number of nitrogens with zero attached hydrogens (tertiary/aromatic N) is 5. The third kappa shape index (κ3) is 7.67. The van der Waals surface area contributed by atoms with E-state index in [2.05, 4.69) is 20.1 Å². The van der Waals surface area contributed by atoms with E-state index in [9.17, 15) is 23.3 Å². The molecule has 11 nitrogen and oxygen atoms in total. The number of amides is 1. The van der Waals surface area contributed by atoms with E-state index in [-0.39, 0.29) is 35.4 Å². The summed E-state index contributed by atoms with van der Waals surface area (Å²) in [4.78, 5) is 32.6. The summed E-state index contributed by atoms with van der Waals surface area (Å²) < 4.78 is 28.6. The highest BCUT2D eigenvalue weighted by Gasteiger charge is 2.24. The van der Waals surface area contributed by atoms with Crippen molar-refractivity contribution in [3.05, 3.63) is 94.0 Å². The third-order valence-corrected chi connectivity index (χ3v) is 10.3. The number of piperazine rings is 1. The van der Waals surface area contributed by atoms with Gasteiger partial charge in [-0.2, -0.15) is 4.31 Å². The molecule has 5 rings (SSSR count). The van der Waals surface area contributed by atoms with Gasteiger partial charge in [-0.05, 0) is 35.9 Å². The summed E-state index contributed by atoms with van der Waals surface area (Å²) >= 11 is 1.46. The van der Waals surface area contributed by atoms with E-state index < -0.39 is 14.9 Å². The monoisotopic (exact) mass is 644 g/mol. The standard InChI is InChI=1S/C29H32N6O5S2.ClH/c1-2-34(21-22-6-4-3-5-7-22)42(39,40)25-11-8-23(9-12-25)28(36)30-14-15-32-16-18-33(19-17-32)29-31-26-13-10-24(35(37)38)20-27(26)41-29;/h3-13,20H,2,14-19,21H2,1H3,(H,30,36);1H. The lowest BCUT2D eigenvalue weighted by molar-refractivity contribution is -0.384. The highest BCUT2D eigenvalue weighted by molar-refractivity contribution is 7.89. The van der Waals surface area contributed by atoms with E-state index in [1.807, 2.05) is 30.3 Å². The Hall–Kier alpha value is -3.62. The van der Waals surface area contributed by atoms with Crippen LogP contribution in [0.1, 0.15) is 22.8 Å². The van der Waals surface area contributed by atoms with Gasteiger partial charge in [0.25, 0.3) is 11.6 Å². The zero-order valence-electron chi connectivity index (χ0n) is 23.6. The van der Waals surface area contributed by atoms with Gasteiger partial charge >= 0.3 is 0 Å². The number of thiazole rings is 1. The lowest BCUT2D eigenvalue weighted by atomic mass is 10.2. The fourth-order valence-corrected chi connectivity index (χ4v) is 7.31. The van der Waals surface area contributed by atoms with Crippen LogP contribution in [0.3, 0.4) is 0 Å². The number of sulfonamides is 1. The van der Waals surface area contributed by atoms with Crippen molar-refractivity contribution in [2.75, 3.05) is 50.7 Å². The molecule has 3 aromatic carbocycles. The van der Waals surface area contributed by atoms with Crippen molar-refractivity contribution in [2.45, 2.75) is 18.4 Å². The largest absolute Gasteiger partial charge is 0.351 e. The summed E-state index contributed by atoms with van der Waals surface area (Å²) in [6.45, 7) is 6.70. The molecule has 0 saturated carbocycles. The zero-order chi connectivity index (χ0) is 29.7. The highest BCUT2D eigenvalue weighted by Crippen LogP contribution is 2.31. The topological polar surface area (TPSA) is 129 Å². The quantitative estimate of drug-likeness (QED) is 0.188. The van der Waals surface area contributed by atoms with E-state index >= 15 is 0 Å². The van der Waals surface area contributed by atoms with Gasteiger partial charge in [-0.3, -0.25) is 19.8 Å². The maximum absolute atomic E-state index is 13.2. The molecular weight excluding hydrogens is 612 g/mol. The lowest BCUT2D eigenvalue weighted by Gasteiger charge is -2.34. The summed E-state index contributed by atoms with van der Waals surface area (Å²) in [6.07, 6.45) is 0. The van der Waals surface area contributed by atoms with Gasteiger partial charge in [-0.15, -0.1) is 12.4 Å². The van der Waals surface area contributed by atoms with Gasteiger partial charge in [0.2, 0.25) is 10.0 Å². The van der Waals surface area contributed by atoms with Crippen molar-refractivity contribution in [1.82, 2.24) is 19.5 Å². The van der Waals surface area contributed by atoms with E-state index in [1.54, 1.807) is 31.2 Å². The molecule has 1 aliphatic heterocycles. The first-order valence-corrected chi connectivity index (χ1v) is 15.9. The van der Waals surface area contributed by atoms with Gasteiger partial charge in [0, 0.05) is 70.1 Å². The number of nitrogens with one attached hydrogen (secondary N) is 1. The molecule has 1 fully saturated rings. The smallest absolute Gasteiger partial charge is 0.270 e. The summed E-state index contributed by atoms with van der Waals surface area (Å²) in [6, 6.07) is 20.2. The van der Waals surface area contributed by atoms with E-state index in [0.29, 0.717) is 25.2 Å². The van der Waals surface area contributed by atoms with Crippen LogP contribution in [0.15, 0.2) is 77.7 Å². The van der Waals surface area contributed by atoms with Gasteiger partial charge < -0.3 is 10.2 Å². The number of rotatable bonds is 11. The Balaban J connectivity index is 0.00000423. The summed E-state index contributed by atoms with van der Waals surface area (Å²) in [5.74, 6) is -0.252. The van der Waals surface area contributed by atoms with Gasteiger partial charge in [0.1, 0.15) is 0 Å². The molecule has 2 heterocycles. The SMILES string of the molecule is CCN(Cc1ccccc1)S(=O)(=O)c1ccc(C(=O)NCCN2CCN(c3nc4ccc([N+](=O)[O-])cc4s3)CC2)cc1.Cl.